The van der Waals surface area contributed by atoms with E-state index in [1.165, 1.54) is 38.1 Å². The van der Waals surface area contributed by atoms with E-state index in [0.717, 1.165) is 13.8 Å². The molecule has 2 aromatic carbocycles. The summed E-state index contributed by atoms with van der Waals surface area (Å²) in [6.45, 7) is 14.9. The zero-order valence-corrected chi connectivity index (χ0v) is 63.3. The van der Waals surface area contributed by atoms with Gasteiger partial charge in [0.2, 0.25) is 76.8 Å². The van der Waals surface area contributed by atoms with E-state index in [0.29, 0.717) is 43.4 Å². The number of hydrogen-bond donors (Lipinski definition) is 21. The Bertz CT molecular complexity index is 3290. The number of aliphatic hydroxyl groups excluding tert-OH is 2. The molecule has 13 amide bonds. The number of rotatable bonds is 51. The molecule has 0 aliphatic heterocycles. The molecule has 2 aromatic rings. The minimum Gasteiger partial charge on any atom is -0.508 e. The maximum Gasteiger partial charge on any atom is 0.328 e. The number of aliphatic hydroxyl groups is 2. The second kappa shape index (κ2) is 49.1. The maximum atomic E-state index is 14.5. The van der Waals surface area contributed by atoms with Crippen molar-refractivity contribution in [1.82, 2.24) is 69.1 Å². The lowest BCUT2D eigenvalue weighted by Crippen LogP contribution is -2.63. The first-order chi connectivity index (χ1) is 50.9. The van der Waals surface area contributed by atoms with Crippen LogP contribution in [0.3, 0.4) is 0 Å². The molecule has 0 heterocycles. The van der Waals surface area contributed by atoms with Crippen LogP contribution in [-0.2, 0) is 84.8 Å². The van der Waals surface area contributed by atoms with Crippen molar-refractivity contribution in [2.75, 3.05) is 26.2 Å². The molecule has 0 saturated carbocycles. The topological polar surface area (TPSA) is 592 Å². The number of aliphatic carboxylic acids is 2. The monoisotopic (exact) mass is 1520 g/mol. The molecule has 0 spiro atoms. The van der Waals surface area contributed by atoms with Crippen molar-refractivity contribution in [3.05, 3.63) is 65.7 Å². The highest BCUT2D eigenvalue weighted by molar-refractivity contribution is 6.00. The van der Waals surface area contributed by atoms with Gasteiger partial charge in [-0.25, -0.2) is 4.79 Å². The Morgan fingerprint density at radius 1 is 0.407 bits per heavy atom. The third-order valence-electron chi connectivity index (χ3n) is 17.4. The number of hydrogen-bond acceptors (Lipinski definition) is 21. The number of amides is 13. The highest BCUT2D eigenvalue weighted by atomic mass is 16.4. The number of carboxylic acid groups (broad SMARTS) is 2. The van der Waals surface area contributed by atoms with E-state index in [4.69, 9.17) is 17.2 Å². The molecule has 36 nitrogen and oxygen atoms in total. The van der Waals surface area contributed by atoms with Crippen LogP contribution in [0, 0.1) is 17.8 Å². The van der Waals surface area contributed by atoms with Crippen molar-refractivity contribution in [2.45, 2.75) is 244 Å². The van der Waals surface area contributed by atoms with Crippen LogP contribution < -0.4 is 86.3 Å². The molecule has 0 radical (unpaired) electrons. The third kappa shape index (κ3) is 34.8. The Hall–Kier alpha value is -9.91. The number of phenols is 1. The first-order valence-corrected chi connectivity index (χ1v) is 36.5. The van der Waals surface area contributed by atoms with Gasteiger partial charge in [-0.1, -0.05) is 90.4 Å². The van der Waals surface area contributed by atoms with Crippen LogP contribution in [0.5, 0.6) is 5.75 Å². The third-order valence-corrected chi connectivity index (χ3v) is 17.4. The van der Waals surface area contributed by atoms with Crippen molar-refractivity contribution < 1.29 is 97.5 Å². The van der Waals surface area contributed by atoms with Crippen LogP contribution in [0.4, 0.5) is 0 Å². The highest BCUT2D eigenvalue weighted by Gasteiger charge is 2.39. The summed E-state index contributed by atoms with van der Waals surface area (Å²) in [5.74, 6) is -16.6. The molecule has 12 unspecified atom stereocenters. The quantitative estimate of drug-likeness (QED) is 0.0287. The molecule has 604 valence electrons. The summed E-state index contributed by atoms with van der Waals surface area (Å²) in [6, 6.07) is -3.87. The average molecular weight is 1530 g/mol. The van der Waals surface area contributed by atoms with Crippen molar-refractivity contribution in [3.8, 4) is 5.75 Å². The number of phenolic OH excluding ortho intramolecular Hbond substituents is 1. The molecule has 0 aliphatic rings. The van der Waals surface area contributed by atoms with Gasteiger partial charge in [0.1, 0.15) is 72.2 Å². The van der Waals surface area contributed by atoms with Crippen LogP contribution in [0.25, 0.3) is 0 Å². The summed E-state index contributed by atoms with van der Waals surface area (Å²) in [5.41, 5.74) is 18.1. The smallest absolute Gasteiger partial charge is 0.328 e. The molecule has 15 atom stereocenters. The van der Waals surface area contributed by atoms with Crippen molar-refractivity contribution >= 4 is 88.7 Å². The molecule has 0 fully saturated rings. The number of benzene rings is 2. The van der Waals surface area contributed by atoms with Crippen LogP contribution in [0.2, 0.25) is 0 Å². The molecular formula is C72H116N16O20. The van der Waals surface area contributed by atoms with Gasteiger partial charge in [-0.3, -0.25) is 67.1 Å². The number of aromatic hydroxyl groups is 1. The van der Waals surface area contributed by atoms with Gasteiger partial charge in [-0.05, 0) is 146 Å². The Balaban J connectivity index is 2.39. The van der Waals surface area contributed by atoms with E-state index in [1.54, 1.807) is 58.0 Å². The molecule has 24 N–H and O–H groups in total. The molecule has 0 saturated heterocycles. The van der Waals surface area contributed by atoms with Gasteiger partial charge in [-0.15, -0.1) is 0 Å². The Morgan fingerprint density at radius 3 is 1.28 bits per heavy atom. The van der Waals surface area contributed by atoms with Crippen molar-refractivity contribution in [1.29, 1.82) is 0 Å². The van der Waals surface area contributed by atoms with Gasteiger partial charge in [0.15, 0.2) is 6.04 Å². The summed E-state index contributed by atoms with van der Waals surface area (Å²) < 4.78 is 0. The lowest BCUT2D eigenvalue weighted by molar-refractivity contribution is -0.146. The molecular weight excluding hydrogens is 1410 g/mol. The zero-order chi connectivity index (χ0) is 81.5. The fraction of sp³-hybridized carbons (Fsp3) is 0.625. The number of carbonyl (C=O) groups excluding carboxylic acids is 13. The number of nitrogens with one attached hydrogen (secondary N) is 13. The number of nitrogens with two attached hydrogens (primary N) is 3. The van der Waals surface area contributed by atoms with E-state index in [9.17, 15) is 97.5 Å². The number of unbranched alkanes of at least 4 members (excludes halogenated alkanes) is 3. The van der Waals surface area contributed by atoms with E-state index >= 15 is 0 Å². The fourth-order valence-electron chi connectivity index (χ4n) is 11.1. The summed E-state index contributed by atoms with van der Waals surface area (Å²) >= 11 is 0. The lowest BCUT2D eigenvalue weighted by atomic mass is 9.96. The highest BCUT2D eigenvalue weighted by Crippen LogP contribution is 2.17. The van der Waals surface area contributed by atoms with Crippen LogP contribution in [-0.4, -0.2) is 225 Å². The van der Waals surface area contributed by atoms with Gasteiger partial charge < -0.3 is 112 Å². The Kier molecular flexibility index (Phi) is 42.8. The standard InChI is InChI=1S/C72H116N16O20/c1-11-40(6)58(70(105)87-59(42(8)89)71(106)84-53(35-46-26-28-47(92)29-27-46)67(102)80-50(25-17-20-32-75)63(98)83-54(36-56(94)95)68(103)88-60(43(9)90)72(107)108)86-64(99)49(24-16-19-31-74)79-55(93)37-76-69(104)57(39(4)5)85-61(96)41(7)77-65(100)52(34-45-21-13-12-14-22-45)82-66(101)51(33-38(2)3)81-62(97)48(78-44(10)91)23-15-18-30-73/h12-14,21-22,26-29,38-43,48-54,57-60,89-90,92H,11,15-20,23-25,30-37,73-75H2,1-10H3,(H,76,104)(H,77,100)(H,78,91)(H,79,93)(H,80,102)(H,81,97)(H,82,101)(H,83,98)(H,84,106)(H,85,96)(H,86,99)(H,87,105)(H,88,103)(H,94,95)(H,107,108)/t40-,41?,42+,43+,48?,49?,50?,51?,52?,53?,54?,57?,58?,59?,60?/m0/s1. The SMILES string of the molecule is CC[C@H](C)C(NC(=O)C(CCCCN)NC(=O)CNC(=O)C(NC(=O)C(C)NC(=O)C(Cc1ccccc1)NC(=O)C(CC(C)C)NC(=O)C(CCCCN)NC(C)=O)C(C)C)C(=O)NC(C(=O)NC(Cc1ccc(O)cc1)C(=O)NC(CCCCN)C(=O)NC(CC(=O)O)C(=O)NC(C(=O)O)[C@@H](C)O)[C@@H](C)O. The van der Waals surface area contributed by atoms with E-state index < -0.39 is 198 Å². The summed E-state index contributed by atoms with van der Waals surface area (Å²) in [5, 5.41) is 82.9. The summed E-state index contributed by atoms with van der Waals surface area (Å²) in [7, 11) is 0. The maximum absolute atomic E-state index is 14.5. The normalized spacial score (nSPS) is 15.4. The van der Waals surface area contributed by atoms with Gasteiger partial charge in [-0.2, -0.15) is 0 Å². The second-order valence-corrected chi connectivity index (χ2v) is 27.7. The fourth-order valence-corrected chi connectivity index (χ4v) is 11.1. The predicted octanol–water partition coefficient (Wildman–Crippen LogP) is -3.39. The van der Waals surface area contributed by atoms with Crippen molar-refractivity contribution in [2.24, 2.45) is 35.0 Å². The molecule has 36 heteroatoms. The molecule has 0 bridgehead atoms. The second-order valence-electron chi connectivity index (χ2n) is 27.7. The van der Waals surface area contributed by atoms with Crippen LogP contribution in [0.1, 0.15) is 157 Å². The first-order valence-electron chi connectivity index (χ1n) is 36.5. The van der Waals surface area contributed by atoms with Gasteiger partial charge in [0, 0.05) is 19.8 Å². The first kappa shape index (κ1) is 94.2. The summed E-state index contributed by atoms with van der Waals surface area (Å²) in [6.07, 6.45) is -2.23. The molecule has 0 aliphatic carbocycles. The molecule has 108 heavy (non-hydrogen) atoms. The van der Waals surface area contributed by atoms with E-state index in [2.05, 4.69) is 63.8 Å². The van der Waals surface area contributed by atoms with Gasteiger partial charge >= 0.3 is 11.9 Å². The van der Waals surface area contributed by atoms with Gasteiger partial charge in [0.05, 0.1) is 25.2 Å². The molecule has 2 rings (SSSR count). The van der Waals surface area contributed by atoms with Crippen molar-refractivity contribution in [3.63, 3.8) is 0 Å². The number of carboxylic acids is 2. The minimum absolute atomic E-state index is 0.0404. The van der Waals surface area contributed by atoms with E-state index in [1.807, 2.05) is 19.2 Å². The minimum atomic E-state index is -1.94. The van der Waals surface area contributed by atoms with E-state index in [-0.39, 0.29) is 82.5 Å². The Morgan fingerprint density at radius 2 is 0.806 bits per heavy atom. The predicted molar refractivity (Wildman–Crippen MR) is 395 cm³/mol. The average Bonchev–Trinajstić information content (AvgIpc) is 0.842. The van der Waals surface area contributed by atoms with Crippen LogP contribution in [0.15, 0.2) is 54.6 Å². The van der Waals surface area contributed by atoms with Gasteiger partial charge in [0.25, 0.3) is 0 Å². The molecule has 0 aromatic heterocycles. The Labute approximate surface area is 629 Å². The zero-order valence-electron chi connectivity index (χ0n) is 63.3. The lowest BCUT2D eigenvalue weighted by Gasteiger charge is -2.30. The summed E-state index contributed by atoms with van der Waals surface area (Å²) in [4.78, 5) is 204. The van der Waals surface area contributed by atoms with Crippen LogP contribution >= 0.6 is 0 Å². The largest absolute Gasteiger partial charge is 0.508 e. The number of carbonyl (C=O) groups is 15.